The number of sulfone groups is 1. The summed E-state index contributed by atoms with van der Waals surface area (Å²) in [5.74, 6) is -0.555. The molecule has 110 valence electrons. The van der Waals surface area contributed by atoms with Gasteiger partial charge in [-0.2, -0.15) is 0 Å². The quantitative estimate of drug-likeness (QED) is 0.778. The molecule has 0 heterocycles. The minimum atomic E-state index is -3.07. The molecule has 0 bridgehead atoms. The molecule has 0 atom stereocenters. The van der Waals surface area contributed by atoms with E-state index in [4.69, 9.17) is 9.84 Å². The second-order valence-electron chi connectivity index (χ2n) is 4.30. The Morgan fingerprint density at radius 2 is 2.10 bits per heavy atom. The van der Waals surface area contributed by atoms with Crippen molar-refractivity contribution >= 4 is 21.9 Å². The molecule has 5 nitrogen and oxygen atoms in total. The van der Waals surface area contributed by atoms with Gasteiger partial charge in [-0.15, -0.1) is 0 Å². The van der Waals surface area contributed by atoms with Gasteiger partial charge in [-0.25, -0.2) is 13.2 Å². The number of carboxylic acid groups (broad SMARTS) is 1. The minimum absolute atomic E-state index is 0.0488. The van der Waals surface area contributed by atoms with Crippen molar-refractivity contribution in [3.63, 3.8) is 0 Å². The van der Waals surface area contributed by atoms with Gasteiger partial charge in [0, 0.05) is 17.4 Å². The normalized spacial score (nSPS) is 11.7. The Labute approximate surface area is 118 Å². The minimum Gasteiger partial charge on any atom is -0.492 e. The van der Waals surface area contributed by atoms with E-state index in [1.807, 2.05) is 13.0 Å². The van der Waals surface area contributed by atoms with Gasteiger partial charge in [-0.05, 0) is 25.1 Å². The number of carboxylic acids is 1. The number of ether oxygens (including phenoxy) is 1. The fraction of sp³-hybridized carbons (Fsp3) is 0.357. The molecule has 1 rings (SSSR count). The van der Waals surface area contributed by atoms with Crippen molar-refractivity contribution in [2.45, 2.75) is 13.8 Å². The van der Waals surface area contributed by atoms with Gasteiger partial charge in [0.25, 0.3) is 0 Å². The molecule has 0 aliphatic heterocycles. The highest BCUT2D eigenvalue weighted by Gasteiger charge is 2.08. The monoisotopic (exact) mass is 298 g/mol. The molecule has 0 aliphatic rings. The molecule has 1 aromatic rings. The topological polar surface area (TPSA) is 80.7 Å². The lowest BCUT2D eigenvalue weighted by molar-refractivity contribution is -0.131. The first-order valence-electron chi connectivity index (χ1n) is 6.19. The van der Waals surface area contributed by atoms with Crippen LogP contribution in [0.15, 0.2) is 24.3 Å². The van der Waals surface area contributed by atoms with Gasteiger partial charge >= 0.3 is 5.97 Å². The first-order valence-corrected chi connectivity index (χ1v) is 8.01. The second-order valence-corrected chi connectivity index (χ2v) is 6.77. The molecule has 0 amide bonds. The van der Waals surface area contributed by atoms with Crippen molar-refractivity contribution in [3.05, 3.63) is 35.4 Å². The van der Waals surface area contributed by atoms with Crippen molar-refractivity contribution in [3.8, 4) is 5.75 Å². The van der Waals surface area contributed by atoms with E-state index in [0.717, 1.165) is 11.6 Å². The Morgan fingerprint density at radius 3 is 2.70 bits per heavy atom. The van der Waals surface area contributed by atoms with Crippen LogP contribution in [0.5, 0.6) is 5.75 Å². The van der Waals surface area contributed by atoms with Gasteiger partial charge in [-0.3, -0.25) is 0 Å². The molecule has 0 radical (unpaired) electrons. The van der Waals surface area contributed by atoms with E-state index < -0.39 is 15.8 Å². The van der Waals surface area contributed by atoms with Crippen LogP contribution in [0.2, 0.25) is 0 Å². The summed E-state index contributed by atoms with van der Waals surface area (Å²) in [6, 6.07) is 5.31. The molecule has 0 aliphatic carbocycles. The molecule has 0 saturated carbocycles. The van der Waals surface area contributed by atoms with E-state index in [0.29, 0.717) is 11.3 Å². The average molecular weight is 298 g/mol. The smallest absolute Gasteiger partial charge is 0.328 e. The Morgan fingerprint density at radius 1 is 1.40 bits per heavy atom. The lowest BCUT2D eigenvalue weighted by Crippen LogP contribution is -2.15. The number of hydrogen-bond acceptors (Lipinski definition) is 4. The zero-order valence-corrected chi connectivity index (χ0v) is 12.3. The number of rotatable bonds is 7. The summed E-state index contributed by atoms with van der Waals surface area (Å²) in [4.78, 5) is 10.5. The first-order chi connectivity index (χ1) is 9.34. The average Bonchev–Trinajstić information content (AvgIpc) is 2.38. The zero-order valence-electron chi connectivity index (χ0n) is 11.5. The zero-order chi connectivity index (χ0) is 15.2. The highest BCUT2D eigenvalue weighted by atomic mass is 32.2. The van der Waals surface area contributed by atoms with E-state index in [9.17, 15) is 13.2 Å². The maximum Gasteiger partial charge on any atom is 0.328 e. The van der Waals surface area contributed by atoms with Crippen LogP contribution < -0.4 is 4.74 Å². The summed E-state index contributed by atoms with van der Waals surface area (Å²) in [5.41, 5.74) is 1.57. The fourth-order valence-electron chi connectivity index (χ4n) is 1.51. The lowest BCUT2D eigenvalue weighted by Gasteiger charge is -2.10. The predicted octanol–water partition coefficient (Wildman–Crippen LogP) is 1.91. The van der Waals surface area contributed by atoms with Gasteiger partial charge in [0.2, 0.25) is 0 Å². The largest absolute Gasteiger partial charge is 0.492 e. The molecule has 0 unspecified atom stereocenters. The van der Waals surface area contributed by atoms with Gasteiger partial charge < -0.3 is 9.84 Å². The number of aliphatic carboxylic acids is 1. The van der Waals surface area contributed by atoms with E-state index in [1.165, 1.54) is 6.08 Å². The number of aryl methyl sites for hydroxylation is 1. The Kier molecular flexibility index (Phi) is 5.76. The molecular weight excluding hydrogens is 280 g/mol. The lowest BCUT2D eigenvalue weighted by atomic mass is 10.1. The Hall–Kier alpha value is -1.82. The van der Waals surface area contributed by atoms with Gasteiger partial charge in [0.15, 0.2) is 9.84 Å². The molecule has 0 saturated heterocycles. The number of carbonyl (C=O) groups is 1. The van der Waals surface area contributed by atoms with Crippen LogP contribution in [0.4, 0.5) is 0 Å². The summed E-state index contributed by atoms with van der Waals surface area (Å²) >= 11 is 0. The van der Waals surface area contributed by atoms with Gasteiger partial charge in [-0.1, -0.05) is 18.6 Å². The maximum absolute atomic E-state index is 11.4. The Bertz CT molecular complexity index is 602. The summed E-state index contributed by atoms with van der Waals surface area (Å²) in [5, 5.41) is 8.64. The van der Waals surface area contributed by atoms with Crippen LogP contribution in [0, 0.1) is 6.92 Å². The van der Waals surface area contributed by atoms with Crippen LogP contribution in [0.3, 0.4) is 0 Å². The molecule has 1 aromatic carbocycles. The van der Waals surface area contributed by atoms with E-state index in [-0.39, 0.29) is 18.1 Å². The number of hydrogen-bond donors (Lipinski definition) is 1. The van der Waals surface area contributed by atoms with Crippen LogP contribution in [0.25, 0.3) is 6.08 Å². The van der Waals surface area contributed by atoms with E-state index in [2.05, 4.69) is 0 Å². The third kappa shape index (κ3) is 5.44. The van der Waals surface area contributed by atoms with Crippen LogP contribution in [-0.2, 0) is 14.6 Å². The maximum atomic E-state index is 11.4. The molecule has 1 N–H and O–H groups in total. The SMILES string of the molecule is CCS(=O)(=O)CCOc1ccc(C)cc1C=CC(=O)O. The Balaban J connectivity index is 2.81. The van der Waals surface area contributed by atoms with E-state index in [1.54, 1.807) is 19.1 Å². The fourth-order valence-corrected chi connectivity index (χ4v) is 2.14. The van der Waals surface area contributed by atoms with Crippen LogP contribution in [0.1, 0.15) is 18.1 Å². The highest BCUT2D eigenvalue weighted by Crippen LogP contribution is 2.21. The molecule has 6 heteroatoms. The summed E-state index contributed by atoms with van der Waals surface area (Å²) in [6.07, 6.45) is 2.45. The summed E-state index contributed by atoms with van der Waals surface area (Å²) in [7, 11) is -3.07. The molecular formula is C14H18O5S. The van der Waals surface area contributed by atoms with Gasteiger partial charge in [0.05, 0.1) is 5.75 Å². The standard InChI is InChI=1S/C14H18O5S/c1-3-20(17,18)9-8-19-13-6-4-11(2)10-12(13)5-7-14(15)16/h4-7,10H,3,8-9H2,1-2H3,(H,15,16). The van der Waals surface area contributed by atoms with Crippen LogP contribution in [-0.4, -0.2) is 37.6 Å². The van der Waals surface area contributed by atoms with Crippen molar-refractivity contribution in [2.75, 3.05) is 18.1 Å². The third-order valence-corrected chi connectivity index (χ3v) is 4.33. The van der Waals surface area contributed by atoms with Crippen molar-refractivity contribution in [2.24, 2.45) is 0 Å². The molecule has 20 heavy (non-hydrogen) atoms. The van der Waals surface area contributed by atoms with Crippen molar-refractivity contribution < 1.29 is 23.1 Å². The van der Waals surface area contributed by atoms with E-state index >= 15 is 0 Å². The third-order valence-electron chi connectivity index (χ3n) is 2.66. The molecule has 0 spiro atoms. The number of benzene rings is 1. The highest BCUT2D eigenvalue weighted by molar-refractivity contribution is 7.91. The molecule has 0 aromatic heterocycles. The van der Waals surface area contributed by atoms with Crippen molar-refractivity contribution in [1.82, 2.24) is 0 Å². The summed E-state index contributed by atoms with van der Waals surface area (Å²) < 4.78 is 28.2. The first kappa shape index (κ1) is 16.2. The summed E-state index contributed by atoms with van der Waals surface area (Å²) in [6.45, 7) is 3.51. The van der Waals surface area contributed by atoms with Crippen molar-refractivity contribution in [1.29, 1.82) is 0 Å². The second kappa shape index (κ2) is 7.09. The molecule has 0 fully saturated rings. The predicted molar refractivity (Wildman–Crippen MR) is 77.7 cm³/mol. The van der Waals surface area contributed by atoms with Gasteiger partial charge in [0.1, 0.15) is 12.4 Å². The van der Waals surface area contributed by atoms with Crippen LogP contribution >= 0.6 is 0 Å².